The van der Waals surface area contributed by atoms with Gasteiger partial charge in [-0.05, 0) is 265 Å². The molecule has 0 amide bonds. The van der Waals surface area contributed by atoms with Crippen LogP contribution in [-0.4, -0.2) is 15.8 Å². The molecular formula is C122H111BN4. The second-order valence-corrected chi connectivity index (χ2v) is 44.6. The maximum Gasteiger partial charge on any atom is 0.252 e. The Balaban J connectivity index is 0.921. The highest BCUT2D eigenvalue weighted by molar-refractivity contribution is 7.00. The lowest BCUT2D eigenvalue weighted by molar-refractivity contribution is 0.568. The van der Waals surface area contributed by atoms with Gasteiger partial charge in [0.1, 0.15) is 0 Å². The van der Waals surface area contributed by atoms with Crippen LogP contribution in [0.5, 0.6) is 0 Å². The van der Waals surface area contributed by atoms with Crippen molar-refractivity contribution in [3.63, 3.8) is 0 Å². The van der Waals surface area contributed by atoms with Gasteiger partial charge in [-0.15, -0.1) is 0 Å². The molecule has 0 radical (unpaired) electrons. The average molecular weight is 1640 g/mol. The summed E-state index contributed by atoms with van der Waals surface area (Å²) >= 11 is 0. The predicted octanol–water partition coefficient (Wildman–Crippen LogP) is 32.4. The van der Waals surface area contributed by atoms with E-state index in [2.05, 4.69) is 456 Å². The first kappa shape index (κ1) is 78.7. The van der Waals surface area contributed by atoms with Crippen molar-refractivity contribution < 1.29 is 0 Å². The number of hydrogen-bond donors (Lipinski definition) is 0. The number of fused-ring (bicyclic) bond motifs is 6. The van der Waals surface area contributed by atoms with Crippen molar-refractivity contribution in [1.29, 1.82) is 0 Å². The van der Waals surface area contributed by atoms with E-state index in [4.69, 9.17) is 0 Å². The molecule has 0 bridgehead atoms. The average Bonchev–Trinajstić information content (AvgIpc) is 1.51. The zero-order valence-corrected chi connectivity index (χ0v) is 77.6. The van der Waals surface area contributed by atoms with E-state index in [1.54, 1.807) is 0 Å². The van der Waals surface area contributed by atoms with Crippen LogP contribution in [0.2, 0.25) is 0 Å². The third-order valence-electron chi connectivity index (χ3n) is 29.1. The minimum atomic E-state index is -0.396. The molecule has 4 nitrogen and oxygen atoms in total. The van der Waals surface area contributed by atoms with Gasteiger partial charge in [0.2, 0.25) is 0 Å². The standard InChI is InChI=1S/C122H111BN4/c1-116(2,3)78-56-76(57-79(60-78)117(4,5)6)93-64-82(120(13,14)15)62-91(70-32-24-22-25-33-70)114(93)126-101-68-85(124-97-52-44-72-36-28-40-87-88-41-29-37-73-45-53-98(124)110(106(73)88)109(97)105(72)87)48-50-95(101)123-96-51-49-86(125-99-54-46-74-38-30-42-89-90-43-31-39-75-47-55-100(125)112(108(75)90)111(99)107(74)89)69-102(96)127(104-67-84(122(19,20)21)66-103(126)113(104)123)115-92(71-34-26-23-27-35-71)63-83(121(16,17)18)65-94(115)77-58-80(118(7,8)9)61-81(59-77)119(10,11)12/h22-69H,1-21H3. The molecule has 0 N–H and O–H groups in total. The molecule has 23 rings (SSSR count). The number of benzene rings is 19. The molecule has 0 unspecified atom stereocenters. The zero-order chi connectivity index (χ0) is 87.9. The molecule has 0 spiro atoms. The SMILES string of the molecule is CC(C)(C)c1cc(-c2cc(C(C)(C)C)cc(-c3ccccc3)c2N2c3cc(-n4c5ccc6cccc7c8cccc9ccc4c(c98)c5c67)ccc3B3c4ccc(-n5c6ccc7cccc8c9cccc%10ccc5c(c%109)c6c78)cc4N(c4c(-c5ccccc5)cc(C(C)(C)C)cc4-c4cc(C(C)(C)C)cc(C(C)(C)C)c4)c4cc(C(C)(C)C)cc2c43)cc(C(C)(C)C)c1. The van der Waals surface area contributed by atoms with Crippen LogP contribution in [0.3, 0.4) is 0 Å². The molecule has 622 valence electrons. The van der Waals surface area contributed by atoms with Gasteiger partial charge in [-0.1, -0.05) is 352 Å². The van der Waals surface area contributed by atoms with E-state index in [0.717, 1.165) is 56.6 Å². The number of rotatable bonds is 8. The molecule has 2 aromatic heterocycles. The lowest BCUT2D eigenvalue weighted by atomic mass is 9.33. The molecule has 127 heavy (non-hydrogen) atoms. The molecule has 0 saturated carbocycles. The highest BCUT2D eigenvalue weighted by atomic mass is 15.2. The van der Waals surface area contributed by atoms with Crippen LogP contribution in [0, 0.1) is 0 Å². The van der Waals surface area contributed by atoms with E-state index >= 15 is 0 Å². The van der Waals surface area contributed by atoms with E-state index in [1.165, 1.54) is 197 Å². The van der Waals surface area contributed by atoms with E-state index < -0.39 is 5.41 Å². The Labute approximate surface area is 748 Å². The van der Waals surface area contributed by atoms with Crippen molar-refractivity contribution in [3.05, 3.63) is 330 Å². The number of hydrogen-bond acceptors (Lipinski definition) is 2. The maximum atomic E-state index is 2.83. The lowest BCUT2D eigenvalue weighted by Crippen LogP contribution is -2.61. The van der Waals surface area contributed by atoms with Gasteiger partial charge in [0, 0.05) is 77.9 Å². The summed E-state index contributed by atoms with van der Waals surface area (Å²) in [5, 5.41) is 20.8. The first-order valence-electron chi connectivity index (χ1n) is 46.1. The Morgan fingerprint density at radius 1 is 0.205 bits per heavy atom. The minimum Gasteiger partial charge on any atom is -0.310 e. The molecule has 0 fully saturated rings. The highest BCUT2D eigenvalue weighted by Gasteiger charge is 2.48. The summed E-state index contributed by atoms with van der Waals surface area (Å²) in [6.45, 7) is 50.2. The second kappa shape index (κ2) is 26.8. The van der Waals surface area contributed by atoms with Crippen molar-refractivity contribution in [2.45, 2.75) is 183 Å². The number of aromatic nitrogens is 2. The maximum absolute atomic E-state index is 2.83. The van der Waals surface area contributed by atoms with E-state index in [1.807, 2.05) is 0 Å². The van der Waals surface area contributed by atoms with Gasteiger partial charge >= 0.3 is 0 Å². The summed E-state index contributed by atoms with van der Waals surface area (Å²) in [4.78, 5) is 5.67. The van der Waals surface area contributed by atoms with Crippen molar-refractivity contribution in [1.82, 2.24) is 9.13 Å². The van der Waals surface area contributed by atoms with Gasteiger partial charge in [0.25, 0.3) is 6.71 Å². The fourth-order valence-corrected chi connectivity index (χ4v) is 22.1. The molecule has 0 saturated heterocycles. The molecule has 0 atom stereocenters. The third kappa shape index (κ3) is 11.8. The Hall–Kier alpha value is -13.0. The Bertz CT molecular complexity index is 7420. The summed E-state index contributed by atoms with van der Waals surface area (Å²) in [6, 6.07) is 116. The molecule has 4 heterocycles. The van der Waals surface area contributed by atoms with Gasteiger partial charge in [-0.25, -0.2) is 0 Å². The molecule has 19 aromatic carbocycles. The van der Waals surface area contributed by atoms with Crippen molar-refractivity contribution in [2.24, 2.45) is 0 Å². The number of anilines is 6. The van der Waals surface area contributed by atoms with E-state index in [0.29, 0.717) is 0 Å². The van der Waals surface area contributed by atoms with Crippen LogP contribution in [-0.2, 0) is 37.9 Å². The van der Waals surface area contributed by atoms with Gasteiger partial charge in [0.05, 0.1) is 33.4 Å². The quantitative estimate of drug-likeness (QED) is 0.0856. The first-order chi connectivity index (χ1) is 60.4. The van der Waals surface area contributed by atoms with Crippen LogP contribution >= 0.6 is 0 Å². The van der Waals surface area contributed by atoms with E-state index in [9.17, 15) is 0 Å². The van der Waals surface area contributed by atoms with Crippen LogP contribution < -0.4 is 26.2 Å². The topological polar surface area (TPSA) is 16.3 Å². The fourth-order valence-electron chi connectivity index (χ4n) is 22.1. The summed E-state index contributed by atoms with van der Waals surface area (Å²) < 4.78 is 5.27. The molecular weight excluding hydrogens is 1530 g/mol. The van der Waals surface area contributed by atoms with Crippen LogP contribution in [0.25, 0.3) is 164 Å². The summed E-state index contributed by atoms with van der Waals surface area (Å²) in [6.07, 6.45) is 0. The van der Waals surface area contributed by atoms with Crippen molar-refractivity contribution in [2.75, 3.05) is 9.80 Å². The Morgan fingerprint density at radius 3 is 0.756 bits per heavy atom. The molecule has 2 aliphatic heterocycles. The fraction of sp³-hybridized carbons (Fsp3) is 0.230. The van der Waals surface area contributed by atoms with Crippen LogP contribution in [0.15, 0.2) is 291 Å². The molecule has 21 aromatic rings. The van der Waals surface area contributed by atoms with Crippen molar-refractivity contribution in [3.8, 4) is 55.9 Å². The van der Waals surface area contributed by atoms with E-state index in [-0.39, 0.29) is 39.2 Å². The zero-order valence-electron chi connectivity index (χ0n) is 77.6. The van der Waals surface area contributed by atoms with Crippen molar-refractivity contribution >= 4 is 165 Å². The Morgan fingerprint density at radius 2 is 0.472 bits per heavy atom. The summed E-state index contributed by atoms with van der Waals surface area (Å²) in [7, 11) is 0. The molecule has 2 aliphatic rings. The highest BCUT2D eigenvalue weighted by Crippen LogP contribution is 2.59. The third-order valence-corrected chi connectivity index (χ3v) is 29.1. The summed E-state index contributed by atoms with van der Waals surface area (Å²) in [5.41, 5.74) is 34.6. The molecule has 0 aliphatic carbocycles. The summed E-state index contributed by atoms with van der Waals surface area (Å²) in [5.74, 6) is 0. The predicted molar refractivity (Wildman–Crippen MR) is 552 cm³/mol. The number of nitrogens with zero attached hydrogens (tertiary/aromatic N) is 4. The normalized spacial score (nSPS) is 13.8. The minimum absolute atomic E-state index is 0.185. The van der Waals surface area contributed by atoms with Crippen LogP contribution in [0.1, 0.15) is 184 Å². The largest absolute Gasteiger partial charge is 0.310 e. The van der Waals surface area contributed by atoms with Gasteiger partial charge in [-0.3, -0.25) is 0 Å². The molecule has 5 heteroatoms. The Kier molecular flexibility index (Phi) is 16.6. The van der Waals surface area contributed by atoms with Gasteiger partial charge in [-0.2, -0.15) is 0 Å². The first-order valence-corrected chi connectivity index (χ1v) is 46.1. The smallest absolute Gasteiger partial charge is 0.252 e. The second-order valence-electron chi connectivity index (χ2n) is 44.6. The van der Waals surface area contributed by atoms with Gasteiger partial charge < -0.3 is 18.9 Å². The lowest BCUT2D eigenvalue weighted by Gasteiger charge is -2.47. The monoisotopic (exact) mass is 1640 g/mol. The van der Waals surface area contributed by atoms with Gasteiger partial charge in [0.15, 0.2) is 0 Å². The van der Waals surface area contributed by atoms with Crippen LogP contribution in [0.4, 0.5) is 34.1 Å².